The summed E-state index contributed by atoms with van der Waals surface area (Å²) in [7, 11) is 0. The van der Waals surface area contributed by atoms with Gasteiger partial charge in [-0.15, -0.1) is 0 Å². The molecule has 0 heterocycles. The van der Waals surface area contributed by atoms with Gasteiger partial charge in [0, 0.05) is 0 Å². The molecule has 0 aromatic rings. The van der Waals surface area contributed by atoms with Crippen molar-refractivity contribution in [1.29, 1.82) is 0 Å². The highest BCUT2D eigenvalue weighted by atomic mass is 14.2. The molecule has 0 aromatic heterocycles. The molecule has 0 fully saturated rings. The molecular weight excluding hydrogens is 276 g/mol. The van der Waals surface area contributed by atoms with Crippen LogP contribution in [0.25, 0.3) is 0 Å². The molecule has 0 aliphatic heterocycles. The van der Waals surface area contributed by atoms with Crippen molar-refractivity contribution >= 4 is 0 Å². The predicted octanol–water partition coefficient (Wildman–Crippen LogP) is 9.96. The van der Waals surface area contributed by atoms with Crippen molar-refractivity contribution in [3.8, 4) is 0 Å². The van der Waals surface area contributed by atoms with Crippen LogP contribution < -0.4 is 0 Å². The Hall–Kier alpha value is -0.520. The maximum atomic E-state index is 4.26. The van der Waals surface area contributed by atoms with Gasteiger partial charge in [0.05, 0.1) is 0 Å². The molecule has 23 heavy (non-hydrogen) atoms. The number of allylic oxidation sites excluding steroid dienone is 3. The average molecular weight is 333 g/mol. The Bertz CT molecular complexity index is 250. The largest absolute Gasteiger partial charge is 0.0996 e. The van der Waals surface area contributed by atoms with Crippen molar-refractivity contribution in [2.45, 2.75) is 118 Å². The molecule has 0 amide bonds. The number of hydrogen-bond donors (Lipinski definition) is 0. The van der Waals surface area contributed by atoms with E-state index < -0.39 is 0 Å². The molecule has 0 radical (unpaired) electrons. The monoisotopic (exact) mass is 332 g/mol. The van der Waals surface area contributed by atoms with Crippen LogP contribution in [0.1, 0.15) is 118 Å². The van der Waals surface area contributed by atoms with Gasteiger partial charge in [0.2, 0.25) is 0 Å². The maximum absolute atomic E-state index is 4.26. The zero-order valence-corrected chi connectivity index (χ0v) is 12.9. The van der Waals surface area contributed by atoms with Gasteiger partial charge in [0.1, 0.15) is 0 Å². The van der Waals surface area contributed by atoms with Crippen LogP contribution in [0.2, 0.25) is 0 Å². The van der Waals surface area contributed by atoms with Crippen LogP contribution in [-0.2, 0) is 0 Å². The highest BCUT2D eigenvalue weighted by Gasteiger charge is 2.13. The third-order valence-corrected chi connectivity index (χ3v) is 3.42. The standard InChI is InChI=1S/C17H32.6CH4/c1-8-9-14(2)10-11-15(3)16(4)12-13-17(5,6)7;;;;;;/h9,15H,4,8,10-13H2,1-3,5-7H3;6*1H4. The quantitative estimate of drug-likeness (QED) is 0.407. The average Bonchev–Trinajstić information content (AvgIpc) is 2.22. The molecule has 0 heteroatoms. The summed E-state index contributed by atoms with van der Waals surface area (Å²) in [5, 5.41) is 0. The van der Waals surface area contributed by atoms with Gasteiger partial charge in [-0.1, -0.05) is 103 Å². The van der Waals surface area contributed by atoms with Crippen molar-refractivity contribution < 1.29 is 0 Å². The third-order valence-electron chi connectivity index (χ3n) is 3.42. The van der Waals surface area contributed by atoms with E-state index in [0.29, 0.717) is 11.3 Å². The van der Waals surface area contributed by atoms with Gasteiger partial charge in [-0.25, -0.2) is 0 Å². The molecule has 0 saturated carbocycles. The summed E-state index contributed by atoms with van der Waals surface area (Å²) in [6.07, 6.45) is 8.41. The van der Waals surface area contributed by atoms with Gasteiger partial charge >= 0.3 is 0 Å². The molecule has 0 rings (SSSR count). The van der Waals surface area contributed by atoms with Crippen molar-refractivity contribution in [3.63, 3.8) is 0 Å². The Kier molecular flexibility index (Phi) is 40.4. The van der Waals surface area contributed by atoms with Crippen LogP contribution in [0.5, 0.6) is 0 Å². The van der Waals surface area contributed by atoms with E-state index in [9.17, 15) is 0 Å². The zero-order valence-electron chi connectivity index (χ0n) is 12.9. The lowest BCUT2D eigenvalue weighted by atomic mass is 9.85. The fourth-order valence-corrected chi connectivity index (χ4v) is 1.88. The summed E-state index contributed by atoms with van der Waals surface area (Å²) in [5.41, 5.74) is 3.40. The van der Waals surface area contributed by atoms with Crippen LogP contribution in [0.15, 0.2) is 23.8 Å². The van der Waals surface area contributed by atoms with Crippen molar-refractivity contribution in [2.75, 3.05) is 0 Å². The van der Waals surface area contributed by atoms with E-state index in [4.69, 9.17) is 0 Å². The Balaban J connectivity index is -0.0000000853. The minimum atomic E-state index is 0. The Morgan fingerprint density at radius 3 is 1.74 bits per heavy atom. The lowest BCUT2D eigenvalue weighted by molar-refractivity contribution is 0.370. The van der Waals surface area contributed by atoms with Crippen LogP contribution in [0.4, 0.5) is 0 Å². The second-order valence-corrected chi connectivity index (χ2v) is 6.62. The number of hydrogen-bond acceptors (Lipinski definition) is 0. The van der Waals surface area contributed by atoms with Crippen LogP contribution in [0, 0.1) is 11.3 Å². The summed E-state index contributed by atoms with van der Waals surface area (Å²) in [6.45, 7) is 17.9. The second kappa shape index (κ2) is 21.5. The van der Waals surface area contributed by atoms with Gasteiger partial charge in [-0.05, 0) is 50.4 Å². The van der Waals surface area contributed by atoms with Gasteiger partial charge < -0.3 is 0 Å². The lowest BCUT2D eigenvalue weighted by Gasteiger charge is -2.21. The van der Waals surface area contributed by atoms with Crippen molar-refractivity contribution in [1.82, 2.24) is 0 Å². The number of rotatable bonds is 7. The molecule has 1 unspecified atom stereocenters. The van der Waals surface area contributed by atoms with Crippen LogP contribution in [-0.4, -0.2) is 0 Å². The maximum Gasteiger partial charge on any atom is -0.0231 e. The first-order valence-electron chi connectivity index (χ1n) is 7.09. The van der Waals surface area contributed by atoms with E-state index in [1.165, 1.54) is 36.8 Å². The van der Waals surface area contributed by atoms with Crippen molar-refractivity contribution in [3.05, 3.63) is 23.8 Å². The zero-order chi connectivity index (χ0) is 13.5. The molecule has 0 saturated heterocycles. The summed E-state index contributed by atoms with van der Waals surface area (Å²) in [4.78, 5) is 0. The highest BCUT2D eigenvalue weighted by molar-refractivity contribution is 5.03. The summed E-state index contributed by atoms with van der Waals surface area (Å²) in [6, 6.07) is 0. The minimum absolute atomic E-state index is 0. The smallest absolute Gasteiger partial charge is 0.0231 e. The SMILES string of the molecule is C.C.C.C.C.C.C=C(CCC(C)(C)C)C(C)CCC(C)=CCC. The van der Waals surface area contributed by atoms with Crippen LogP contribution >= 0.6 is 0 Å². The summed E-state index contributed by atoms with van der Waals surface area (Å²) >= 11 is 0. The molecule has 0 spiro atoms. The fourth-order valence-electron chi connectivity index (χ4n) is 1.88. The van der Waals surface area contributed by atoms with Gasteiger partial charge in [-0.3, -0.25) is 0 Å². The lowest BCUT2D eigenvalue weighted by Crippen LogP contribution is -2.07. The first-order chi connectivity index (χ1) is 7.76. The van der Waals surface area contributed by atoms with Gasteiger partial charge in [0.15, 0.2) is 0 Å². The molecule has 0 bridgehead atoms. The third kappa shape index (κ3) is 26.7. The van der Waals surface area contributed by atoms with Crippen LogP contribution in [0.3, 0.4) is 0 Å². The van der Waals surface area contributed by atoms with E-state index in [2.05, 4.69) is 54.2 Å². The molecule has 0 N–H and O–H groups in total. The Morgan fingerprint density at radius 1 is 0.957 bits per heavy atom. The van der Waals surface area contributed by atoms with E-state index in [1.807, 2.05) is 0 Å². The Labute approximate surface area is 153 Å². The highest BCUT2D eigenvalue weighted by Crippen LogP contribution is 2.27. The van der Waals surface area contributed by atoms with E-state index >= 15 is 0 Å². The predicted molar refractivity (Wildman–Crippen MR) is 121 cm³/mol. The Morgan fingerprint density at radius 2 is 1.39 bits per heavy atom. The molecule has 0 nitrogen and oxygen atoms in total. The normalized spacial score (nSPS) is 11.0. The first kappa shape index (κ1) is 43.3. The molecule has 148 valence electrons. The minimum Gasteiger partial charge on any atom is -0.0996 e. The van der Waals surface area contributed by atoms with E-state index in [1.54, 1.807) is 0 Å². The summed E-state index contributed by atoms with van der Waals surface area (Å²) in [5.74, 6) is 0.664. The van der Waals surface area contributed by atoms with Gasteiger partial charge in [0.25, 0.3) is 0 Å². The topological polar surface area (TPSA) is 0 Å². The molecule has 0 aromatic carbocycles. The van der Waals surface area contributed by atoms with Gasteiger partial charge in [-0.2, -0.15) is 0 Å². The first-order valence-corrected chi connectivity index (χ1v) is 7.09. The molecule has 1 atom stereocenters. The van der Waals surface area contributed by atoms with E-state index in [-0.39, 0.29) is 44.6 Å². The summed E-state index contributed by atoms with van der Waals surface area (Å²) < 4.78 is 0. The van der Waals surface area contributed by atoms with Crippen molar-refractivity contribution in [2.24, 2.45) is 11.3 Å². The second-order valence-electron chi connectivity index (χ2n) is 6.62. The molecule has 0 aliphatic carbocycles. The molecule has 0 aliphatic rings. The van der Waals surface area contributed by atoms with E-state index in [0.717, 1.165) is 6.42 Å². The molecular formula is C23H56. The fraction of sp³-hybridized carbons (Fsp3) is 0.826.